The number of allylic oxidation sites excluding steroid dienone is 1. The van der Waals surface area contributed by atoms with Crippen molar-refractivity contribution >= 4 is 11.8 Å². The molecular weight excluding hydrogens is 304 g/mol. The summed E-state index contributed by atoms with van der Waals surface area (Å²) >= 11 is 0. The first-order valence-electron chi connectivity index (χ1n) is 8.54. The highest BCUT2D eigenvalue weighted by Gasteiger charge is 2.27. The number of ether oxygens (including phenoxy) is 1. The Morgan fingerprint density at radius 3 is 2.54 bits per heavy atom. The summed E-state index contributed by atoms with van der Waals surface area (Å²) in [6.07, 6.45) is 5.62. The number of amides is 2. The summed E-state index contributed by atoms with van der Waals surface area (Å²) in [6, 6.07) is 7.89. The molecule has 0 saturated carbocycles. The largest absolute Gasteiger partial charge is 0.488 e. The summed E-state index contributed by atoms with van der Waals surface area (Å²) in [5, 5.41) is 0. The second-order valence-electron chi connectivity index (χ2n) is 6.13. The minimum absolute atomic E-state index is 0.128. The molecule has 1 unspecified atom stereocenters. The monoisotopic (exact) mass is 330 g/mol. The smallest absolute Gasteiger partial charge is 0.289 e. The van der Waals surface area contributed by atoms with Crippen LogP contribution in [-0.4, -0.2) is 29.9 Å². The average Bonchev–Trinajstić information content (AvgIpc) is 2.60. The summed E-state index contributed by atoms with van der Waals surface area (Å²) in [4.78, 5) is 25.7. The highest BCUT2D eigenvalue weighted by Crippen LogP contribution is 2.24. The van der Waals surface area contributed by atoms with E-state index in [1.54, 1.807) is 6.08 Å². The molecule has 5 heteroatoms. The first-order valence-corrected chi connectivity index (χ1v) is 8.54. The number of nitrogens with zero attached hydrogens (tertiary/aromatic N) is 1. The molecule has 24 heavy (non-hydrogen) atoms. The third-order valence-electron chi connectivity index (χ3n) is 4.20. The van der Waals surface area contributed by atoms with Crippen LogP contribution < -0.4 is 5.73 Å². The Balaban J connectivity index is 2.20. The lowest BCUT2D eigenvalue weighted by Gasteiger charge is -2.30. The molecule has 0 spiro atoms. The molecule has 5 nitrogen and oxygen atoms in total. The molecule has 0 bridgehead atoms. The Labute approximate surface area is 143 Å². The van der Waals surface area contributed by atoms with Crippen molar-refractivity contribution in [3.8, 4) is 0 Å². The van der Waals surface area contributed by atoms with Gasteiger partial charge >= 0.3 is 0 Å². The quantitative estimate of drug-likeness (QED) is 0.835. The van der Waals surface area contributed by atoms with E-state index >= 15 is 0 Å². The van der Waals surface area contributed by atoms with E-state index in [1.807, 2.05) is 19.1 Å². The maximum Gasteiger partial charge on any atom is 0.289 e. The van der Waals surface area contributed by atoms with Gasteiger partial charge in [-0.3, -0.25) is 9.59 Å². The molecule has 2 N–H and O–H groups in total. The van der Waals surface area contributed by atoms with Crippen LogP contribution in [0.2, 0.25) is 0 Å². The van der Waals surface area contributed by atoms with Crippen molar-refractivity contribution in [2.75, 3.05) is 13.2 Å². The van der Waals surface area contributed by atoms with E-state index in [4.69, 9.17) is 10.5 Å². The van der Waals surface area contributed by atoms with Crippen LogP contribution in [0.5, 0.6) is 0 Å². The van der Waals surface area contributed by atoms with Crippen LogP contribution >= 0.6 is 0 Å². The van der Waals surface area contributed by atoms with Gasteiger partial charge in [-0.2, -0.15) is 0 Å². The number of aryl methyl sites for hydroxylation is 1. The van der Waals surface area contributed by atoms with Gasteiger partial charge in [0.15, 0.2) is 5.76 Å². The topological polar surface area (TPSA) is 72.6 Å². The predicted octanol–water partition coefficient (Wildman–Crippen LogP) is 2.71. The molecule has 2 rings (SSSR count). The molecule has 0 saturated heterocycles. The first kappa shape index (κ1) is 18.0. The normalized spacial score (nSPS) is 15.2. The number of hydrogen-bond acceptors (Lipinski definition) is 3. The van der Waals surface area contributed by atoms with E-state index in [0.29, 0.717) is 12.4 Å². The Kier molecular flexibility index (Phi) is 6.41. The maximum atomic E-state index is 12.7. The van der Waals surface area contributed by atoms with Crippen LogP contribution in [0.15, 0.2) is 36.1 Å². The van der Waals surface area contributed by atoms with Crippen molar-refractivity contribution in [2.24, 2.45) is 5.73 Å². The lowest BCUT2D eigenvalue weighted by Crippen LogP contribution is -2.41. The van der Waals surface area contributed by atoms with Crippen molar-refractivity contribution in [1.82, 2.24) is 4.90 Å². The van der Waals surface area contributed by atoms with Crippen LogP contribution in [0.4, 0.5) is 0 Å². The highest BCUT2D eigenvalue weighted by molar-refractivity contribution is 5.94. The van der Waals surface area contributed by atoms with Gasteiger partial charge in [-0.05, 0) is 43.4 Å². The second-order valence-corrected chi connectivity index (χ2v) is 6.13. The third-order valence-corrected chi connectivity index (χ3v) is 4.20. The van der Waals surface area contributed by atoms with Crippen LogP contribution in [0, 0.1) is 0 Å². The molecular formula is C19H26N2O3. The fourth-order valence-electron chi connectivity index (χ4n) is 2.83. The number of rotatable bonds is 7. The highest BCUT2D eigenvalue weighted by atomic mass is 16.5. The molecule has 0 aromatic heterocycles. The number of carbonyl (C=O) groups excluding carboxylic acids is 2. The molecule has 0 aliphatic carbocycles. The number of carbonyl (C=O) groups is 2. The number of nitrogens with two attached hydrogens (primary N) is 1. The number of benzene rings is 1. The summed E-state index contributed by atoms with van der Waals surface area (Å²) < 4.78 is 5.46. The number of hydrogen-bond donors (Lipinski definition) is 1. The molecule has 1 aliphatic rings. The standard InChI is InChI=1S/C19H26N2O3/c1-3-6-15-8-10-16(11-9-15)14(2)21(13-18(20)22)19(23)17-7-4-5-12-24-17/h7-11,14H,3-6,12-13H2,1-2H3,(H2,20,22). The summed E-state index contributed by atoms with van der Waals surface area (Å²) in [6.45, 7) is 4.44. The Bertz CT molecular complexity index is 608. The predicted molar refractivity (Wildman–Crippen MR) is 93.0 cm³/mol. The molecule has 1 atom stereocenters. The lowest BCUT2D eigenvalue weighted by molar-refractivity contribution is -0.137. The van der Waals surface area contributed by atoms with Crippen molar-refractivity contribution < 1.29 is 14.3 Å². The van der Waals surface area contributed by atoms with Crippen LogP contribution in [-0.2, 0) is 20.7 Å². The van der Waals surface area contributed by atoms with Gasteiger partial charge < -0.3 is 15.4 Å². The summed E-state index contributed by atoms with van der Waals surface area (Å²) in [5.41, 5.74) is 7.58. The van der Waals surface area contributed by atoms with E-state index in [-0.39, 0.29) is 18.5 Å². The molecule has 0 fully saturated rings. The summed E-state index contributed by atoms with van der Waals surface area (Å²) in [5.74, 6) is -0.496. The van der Waals surface area contributed by atoms with Crippen LogP contribution in [0.1, 0.15) is 50.3 Å². The minimum Gasteiger partial charge on any atom is -0.488 e. The maximum absolute atomic E-state index is 12.7. The minimum atomic E-state index is -0.533. The van der Waals surface area contributed by atoms with E-state index in [0.717, 1.165) is 31.2 Å². The van der Waals surface area contributed by atoms with E-state index in [2.05, 4.69) is 19.1 Å². The molecule has 1 aromatic rings. The molecule has 1 aromatic carbocycles. The zero-order valence-electron chi connectivity index (χ0n) is 14.5. The van der Waals surface area contributed by atoms with E-state index in [1.165, 1.54) is 10.5 Å². The second kappa shape index (κ2) is 8.52. The third kappa shape index (κ3) is 4.60. The molecule has 130 valence electrons. The number of primary amides is 1. The zero-order valence-corrected chi connectivity index (χ0v) is 14.5. The fourth-order valence-corrected chi connectivity index (χ4v) is 2.83. The first-order chi connectivity index (χ1) is 11.5. The van der Waals surface area contributed by atoms with Gasteiger partial charge in [0.05, 0.1) is 12.6 Å². The molecule has 2 amide bonds. The van der Waals surface area contributed by atoms with Gasteiger partial charge in [0.25, 0.3) is 5.91 Å². The van der Waals surface area contributed by atoms with Gasteiger partial charge in [-0.15, -0.1) is 0 Å². The van der Waals surface area contributed by atoms with Gasteiger partial charge in [-0.1, -0.05) is 37.6 Å². The van der Waals surface area contributed by atoms with Gasteiger partial charge in [0.1, 0.15) is 6.54 Å². The van der Waals surface area contributed by atoms with Gasteiger partial charge in [-0.25, -0.2) is 0 Å². The van der Waals surface area contributed by atoms with Crippen LogP contribution in [0.3, 0.4) is 0 Å². The Morgan fingerprint density at radius 2 is 2.00 bits per heavy atom. The van der Waals surface area contributed by atoms with E-state index < -0.39 is 5.91 Å². The lowest BCUT2D eigenvalue weighted by atomic mass is 10.0. The molecule has 0 radical (unpaired) electrons. The molecule has 1 heterocycles. The Hall–Kier alpha value is -2.30. The van der Waals surface area contributed by atoms with E-state index in [9.17, 15) is 9.59 Å². The average molecular weight is 330 g/mol. The summed E-state index contributed by atoms with van der Waals surface area (Å²) in [7, 11) is 0. The zero-order chi connectivity index (χ0) is 17.5. The van der Waals surface area contributed by atoms with Crippen molar-refractivity contribution in [3.05, 3.63) is 47.2 Å². The molecule has 1 aliphatic heterocycles. The van der Waals surface area contributed by atoms with Gasteiger partial charge in [0, 0.05) is 0 Å². The van der Waals surface area contributed by atoms with Crippen molar-refractivity contribution in [1.29, 1.82) is 0 Å². The van der Waals surface area contributed by atoms with Crippen LogP contribution in [0.25, 0.3) is 0 Å². The Morgan fingerprint density at radius 1 is 1.29 bits per heavy atom. The fraction of sp³-hybridized carbons (Fsp3) is 0.474. The van der Waals surface area contributed by atoms with Gasteiger partial charge in [0.2, 0.25) is 5.91 Å². The SMILES string of the molecule is CCCc1ccc(C(C)N(CC(N)=O)C(=O)C2=CCCCO2)cc1. The van der Waals surface area contributed by atoms with Crippen molar-refractivity contribution in [2.45, 2.75) is 45.6 Å². The van der Waals surface area contributed by atoms with Crippen molar-refractivity contribution in [3.63, 3.8) is 0 Å².